The van der Waals surface area contributed by atoms with Crippen molar-refractivity contribution in [2.45, 2.75) is 19.3 Å². The third-order valence-electron chi connectivity index (χ3n) is 4.80. The molecule has 1 aliphatic heterocycles. The number of hydrogen-bond donors (Lipinski definition) is 1. The smallest absolute Gasteiger partial charge is 0.259 e. The van der Waals surface area contributed by atoms with Gasteiger partial charge in [-0.15, -0.1) is 0 Å². The molecule has 0 aliphatic carbocycles. The Morgan fingerprint density at radius 3 is 2.86 bits per heavy atom. The minimum Gasteiger partial charge on any atom is -0.494 e. The van der Waals surface area contributed by atoms with Crippen LogP contribution >= 0.6 is 0 Å². The van der Waals surface area contributed by atoms with E-state index in [1.54, 1.807) is 19.0 Å². The second-order valence-electron chi connectivity index (χ2n) is 7.05. The lowest BCUT2D eigenvalue weighted by molar-refractivity contribution is -0.127. The summed E-state index contributed by atoms with van der Waals surface area (Å²) in [5, 5.41) is 6.86. The molecule has 3 rings (SSSR count). The van der Waals surface area contributed by atoms with Crippen LogP contribution in [0.2, 0.25) is 0 Å². The maximum atomic E-state index is 13.8. The molecule has 2 heterocycles. The van der Waals surface area contributed by atoms with E-state index < -0.39 is 5.82 Å². The first-order chi connectivity index (χ1) is 13.9. The van der Waals surface area contributed by atoms with E-state index in [0.717, 1.165) is 13.0 Å². The van der Waals surface area contributed by atoms with Crippen molar-refractivity contribution in [2.75, 3.05) is 45.7 Å². The number of halogens is 1. The zero-order valence-electron chi connectivity index (χ0n) is 16.8. The van der Waals surface area contributed by atoms with Crippen molar-refractivity contribution in [3.05, 3.63) is 29.6 Å². The van der Waals surface area contributed by atoms with Crippen molar-refractivity contribution in [3.8, 4) is 17.1 Å². The van der Waals surface area contributed by atoms with Crippen LogP contribution in [-0.2, 0) is 4.79 Å². The molecule has 0 atom stereocenters. The van der Waals surface area contributed by atoms with Crippen molar-refractivity contribution in [1.82, 2.24) is 15.4 Å². The minimum atomic E-state index is -0.508. The van der Waals surface area contributed by atoms with Crippen LogP contribution in [0.3, 0.4) is 0 Å². The molecule has 1 aromatic carbocycles. The van der Waals surface area contributed by atoms with Gasteiger partial charge in [0.05, 0.1) is 7.11 Å². The summed E-state index contributed by atoms with van der Waals surface area (Å²) in [6.07, 6.45) is 2.14. The average Bonchev–Trinajstić information content (AvgIpc) is 3.32. The molecule has 0 bridgehead atoms. The van der Waals surface area contributed by atoms with Gasteiger partial charge >= 0.3 is 0 Å². The van der Waals surface area contributed by atoms with Gasteiger partial charge in [-0.1, -0.05) is 5.16 Å². The number of nitrogens with zero attached hydrogens (tertiary/aromatic N) is 3. The number of aromatic nitrogens is 1. The highest BCUT2D eigenvalue weighted by molar-refractivity contribution is 6.04. The summed E-state index contributed by atoms with van der Waals surface area (Å²) in [6, 6.07) is 4.22. The number of rotatable bonds is 8. The Bertz CT molecular complexity index is 897. The highest BCUT2D eigenvalue weighted by Gasteiger charge is 2.26. The molecule has 1 fully saturated rings. The molecule has 9 heteroatoms. The molecular formula is C20H25FN4O4. The Morgan fingerprint density at radius 1 is 1.41 bits per heavy atom. The monoisotopic (exact) mass is 404 g/mol. The van der Waals surface area contributed by atoms with Gasteiger partial charge in [-0.2, -0.15) is 0 Å². The van der Waals surface area contributed by atoms with Crippen LogP contribution in [0, 0.1) is 5.82 Å². The lowest BCUT2D eigenvalue weighted by Gasteiger charge is -2.15. The van der Waals surface area contributed by atoms with E-state index in [2.05, 4.69) is 10.5 Å². The number of carbonyl (C=O) groups excluding carboxylic acids is 2. The van der Waals surface area contributed by atoms with Gasteiger partial charge in [0.2, 0.25) is 5.91 Å². The molecule has 2 aromatic rings. The summed E-state index contributed by atoms with van der Waals surface area (Å²) in [5.41, 5.74) is 0.748. The highest BCUT2D eigenvalue weighted by Crippen LogP contribution is 2.33. The lowest BCUT2D eigenvalue weighted by Crippen LogP contribution is -2.31. The fraction of sp³-hybridized carbons (Fsp3) is 0.450. The average molecular weight is 404 g/mol. The summed E-state index contributed by atoms with van der Waals surface area (Å²) >= 11 is 0. The number of likely N-dealkylation sites (tertiary alicyclic amines) is 1. The Morgan fingerprint density at radius 2 is 2.21 bits per heavy atom. The third-order valence-corrected chi connectivity index (χ3v) is 4.80. The summed E-state index contributed by atoms with van der Waals surface area (Å²) < 4.78 is 24.2. The van der Waals surface area contributed by atoms with Crippen LogP contribution in [0.15, 0.2) is 22.7 Å². The van der Waals surface area contributed by atoms with E-state index in [0.29, 0.717) is 37.3 Å². The molecule has 1 N–H and O–H groups in total. The van der Waals surface area contributed by atoms with E-state index in [1.165, 1.54) is 25.3 Å². The van der Waals surface area contributed by atoms with Gasteiger partial charge in [-0.3, -0.25) is 9.59 Å². The van der Waals surface area contributed by atoms with Crippen LogP contribution in [0.25, 0.3) is 11.3 Å². The summed E-state index contributed by atoms with van der Waals surface area (Å²) in [6.45, 7) is 1.80. The summed E-state index contributed by atoms with van der Waals surface area (Å²) in [4.78, 5) is 28.0. The number of carbonyl (C=O) groups is 2. The third kappa shape index (κ3) is 4.49. The minimum absolute atomic E-state index is 0.0481. The normalized spacial score (nSPS) is 13.7. The van der Waals surface area contributed by atoms with Crippen LogP contribution in [0.5, 0.6) is 5.75 Å². The number of ether oxygens (including phenoxy) is 1. The molecule has 1 aromatic heterocycles. The van der Waals surface area contributed by atoms with Gasteiger partial charge in [-0.05, 0) is 31.0 Å². The van der Waals surface area contributed by atoms with Crippen molar-refractivity contribution in [3.63, 3.8) is 0 Å². The molecule has 1 saturated heterocycles. The maximum Gasteiger partial charge on any atom is 0.259 e. The zero-order valence-corrected chi connectivity index (χ0v) is 16.8. The molecule has 156 valence electrons. The molecular weight excluding hydrogens is 379 g/mol. The Balaban J connectivity index is 1.75. The SMILES string of the molecule is COc1cc(-c2onc(N(C)C)c2C(=O)NCCCN2CCCC2=O)ccc1F. The first-order valence-corrected chi connectivity index (χ1v) is 9.49. The van der Waals surface area contributed by atoms with E-state index >= 15 is 0 Å². The second-order valence-corrected chi connectivity index (χ2v) is 7.05. The molecule has 0 radical (unpaired) electrons. The van der Waals surface area contributed by atoms with Crippen LogP contribution in [0.4, 0.5) is 10.2 Å². The van der Waals surface area contributed by atoms with Gasteiger partial charge in [0.25, 0.3) is 5.91 Å². The Labute approximate surface area is 168 Å². The van der Waals surface area contributed by atoms with Crippen molar-refractivity contribution < 1.29 is 23.2 Å². The maximum absolute atomic E-state index is 13.8. The lowest BCUT2D eigenvalue weighted by atomic mass is 10.1. The Kier molecular flexibility index (Phi) is 6.36. The van der Waals surface area contributed by atoms with Gasteiger partial charge in [0.1, 0.15) is 5.56 Å². The first-order valence-electron chi connectivity index (χ1n) is 9.49. The second kappa shape index (κ2) is 8.93. The van der Waals surface area contributed by atoms with E-state index in [1.807, 2.05) is 4.90 Å². The van der Waals surface area contributed by atoms with Gasteiger partial charge in [0, 0.05) is 45.7 Å². The van der Waals surface area contributed by atoms with Crippen LogP contribution in [0.1, 0.15) is 29.6 Å². The van der Waals surface area contributed by atoms with Crippen molar-refractivity contribution in [2.24, 2.45) is 0 Å². The van der Waals surface area contributed by atoms with Crippen LogP contribution < -0.4 is 15.0 Å². The standard InChI is InChI=1S/C20H25FN4O4/c1-24(2)19-17(20(27)22-9-5-11-25-10-4-6-16(25)26)18(29-23-19)13-7-8-14(21)15(12-13)28-3/h7-8,12H,4-6,9-11H2,1-3H3,(H,22,27). The quantitative estimate of drug-likeness (QED) is 0.680. The number of methoxy groups -OCH3 is 1. The van der Waals surface area contributed by atoms with E-state index in [-0.39, 0.29) is 28.9 Å². The number of amides is 2. The molecule has 0 spiro atoms. The number of anilines is 1. The largest absolute Gasteiger partial charge is 0.494 e. The predicted molar refractivity (Wildman–Crippen MR) is 106 cm³/mol. The molecule has 0 unspecified atom stereocenters. The van der Waals surface area contributed by atoms with Crippen molar-refractivity contribution >= 4 is 17.6 Å². The highest BCUT2D eigenvalue weighted by atomic mass is 19.1. The number of benzene rings is 1. The topological polar surface area (TPSA) is 87.9 Å². The first kappa shape index (κ1) is 20.6. The molecule has 2 amide bonds. The van der Waals surface area contributed by atoms with Gasteiger partial charge < -0.3 is 24.4 Å². The van der Waals surface area contributed by atoms with Gasteiger partial charge in [-0.25, -0.2) is 4.39 Å². The van der Waals surface area contributed by atoms with Crippen LogP contribution in [-0.4, -0.2) is 62.7 Å². The molecule has 8 nitrogen and oxygen atoms in total. The fourth-order valence-electron chi connectivity index (χ4n) is 3.29. The fourth-order valence-corrected chi connectivity index (χ4v) is 3.29. The number of nitrogens with one attached hydrogen (secondary N) is 1. The summed E-state index contributed by atoms with van der Waals surface area (Å²) in [7, 11) is 4.87. The molecule has 29 heavy (non-hydrogen) atoms. The zero-order chi connectivity index (χ0) is 21.0. The predicted octanol–water partition coefficient (Wildman–Crippen LogP) is 2.30. The Hall–Kier alpha value is -3.10. The van der Waals surface area contributed by atoms with Gasteiger partial charge in [0.15, 0.2) is 23.1 Å². The van der Waals surface area contributed by atoms with E-state index in [9.17, 15) is 14.0 Å². The summed E-state index contributed by atoms with van der Waals surface area (Å²) in [5.74, 6) is -0.0356. The van der Waals surface area contributed by atoms with E-state index in [4.69, 9.17) is 9.26 Å². The molecule has 0 saturated carbocycles. The number of hydrogen-bond acceptors (Lipinski definition) is 6. The molecule has 1 aliphatic rings. The van der Waals surface area contributed by atoms with Crippen molar-refractivity contribution in [1.29, 1.82) is 0 Å².